The van der Waals surface area contributed by atoms with Gasteiger partial charge in [0.25, 0.3) is 0 Å². The number of aliphatic hydroxyl groups excluding tert-OH is 1. The summed E-state index contributed by atoms with van der Waals surface area (Å²) in [6.07, 6.45) is 4.93. The first-order valence-corrected chi connectivity index (χ1v) is 7.86. The van der Waals surface area contributed by atoms with E-state index in [4.69, 9.17) is 0 Å². The Morgan fingerprint density at radius 1 is 1.40 bits per heavy atom. The molecule has 2 N–H and O–H groups in total. The number of halogens is 1. The van der Waals surface area contributed by atoms with Gasteiger partial charge in [0.05, 0.1) is 24.2 Å². The SMILES string of the molecule is OC(CNCc1cnc2cnc(Br)cn12)c1ccsc1. The molecule has 0 aromatic carbocycles. The number of imidazole rings is 1. The second-order valence-corrected chi connectivity index (χ2v) is 5.98. The van der Waals surface area contributed by atoms with E-state index in [0.717, 1.165) is 21.5 Å². The second kappa shape index (κ2) is 6.01. The van der Waals surface area contributed by atoms with E-state index < -0.39 is 6.10 Å². The highest BCUT2D eigenvalue weighted by atomic mass is 79.9. The van der Waals surface area contributed by atoms with Gasteiger partial charge < -0.3 is 10.4 Å². The zero-order chi connectivity index (χ0) is 13.9. The van der Waals surface area contributed by atoms with Crippen molar-refractivity contribution in [1.29, 1.82) is 0 Å². The number of nitrogens with one attached hydrogen (secondary N) is 1. The number of hydrogen-bond donors (Lipinski definition) is 2. The van der Waals surface area contributed by atoms with Crippen molar-refractivity contribution < 1.29 is 5.11 Å². The zero-order valence-electron chi connectivity index (χ0n) is 10.5. The minimum Gasteiger partial charge on any atom is -0.387 e. The third-order valence-corrected chi connectivity index (χ3v) is 4.12. The van der Waals surface area contributed by atoms with Crippen LogP contribution in [0.2, 0.25) is 0 Å². The fraction of sp³-hybridized carbons (Fsp3) is 0.231. The van der Waals surface area contributed by atoms with E-state index in [9.17, 15) is 5.11 Å². The molecule has 3 heterocycles. The number of aliphatic hydroxyl groups is 1. The summed E-state index contributed by atoms with van der Waals surface area (Å²) in [7, 11) is 0. The maximum absolute atomic E-state index is 10.00. The van der Waals surface area contributed by atoms with Crippen molar-refractivity contribution in [3.8, 4) is 0 Å². The van der Waals surface area contributed by atoms with Crippen molar-refractivity contribution in [2.24, 2.45) is 0 Å². The van der Waals surface area contributed by atoms with Gasteiger partial charge in [-0.25, -0.2) is 9.97 Å². The summed E-state index contributed by atoms with van der Waals surface area (Å²) in [4.78, 5) is 8.42. The Morgan fingerprint density at radius 3 is 3.10 bits per heavy atom. The van der Waals surface area contributed by atoms with E-state index in [-0.39, 0.29) is 0 Å². The highest BCUT2D eigenvalue weighted by Crippen LogP contribution is 2.15. The Balaban J connectivity index is 1.64. The number of aromatic nitrogens is 3. The Bertz CT molecular complexity index is 698. The van der Waals surface area contributed by atoms with Gasteiger partial charge in [0.15, 0.2) is 5.65 Å². The lowest BCUT2D eigenvalue weighted by Crippen LogP contribution is -2.21. The van der Waals surface area contributed by atoms with Gasteiger partial charge in [0.2, 0.25) is 0 Å². The van der Waals surface area contributed by atoms with E-state index in [1.165, 1.54) is 0 Å². The second-order valence-electron chi connectivity index (χ2n) is 4.39. The van der Waals surface area contributed by atoms with Gasteiger partial charge in [-0.05, 0) is 38.3 Å². The van der Waals surface area contributed by atoms with Crippen molar-refractivity contribution in [2.45, 2.75) is 12.6 Å². The summed E-state index contributed by atoms with van der Waals surface area (Å²) in [5.41, 5.74) is 2.79. The van der Waals surface area contributed by atoms with Crippen molar-refractivity contribution in [1.82, 2.24) is 19.7 Å². The van der Waals surface area contributed by atoms with Crippen molar-refractivity contribution in [3.05, 3.63) is 51.3 Å². The van der Waals surface area contributed by atoms with E-state index in [2.05, 4.69) is 31.2 Å². The Hall–Kier alpha value is -1.28. The predicted molar refractivity (Wildman–Crippen MR) is 81.7 cm³/mol. The van der Waals surface area contributed by atoms with Gasteiger partial charge in [-0.2, -0.15) is 11.3 Å². The third kappa shape index (κ3) is 2.90. The molecular weight excluding hydrogens is 340 g/mol. The van der Waals surface area contributed by atoms with Crippen molar-refractivity contribution in [2.75, 3.05) is 6.54 Å². The number of fused-ring (bicyclic) bond motifs is 1. The summed E-state index contributed by atoms with van der Waals surface area (Å²) < 4.78 is 2.74. The highest BCUT2D eigenvalue weighted by molar-refractivity contribution is 9.10. The third-order valence-electron chi connectivity index (χ3n) is 3.01. The molecular formula is C13H13BrN4OS. The molecule has 1 unspecified atom stereocenters. The quantitative estimate of drug-likeness (QED) is 0.739. The summed E-state index contributed by atoms with van der Waals surface area (Å²) in [5, 5.41) is 17.2. The van der Waals surface area contributed by atoms with Gasteiger partial charge in [0.1, 0.15) is 4.60 Å². The summed E-state index contributed by atoms with van der Waals surface area (Å²) in [6, 6.07) is 1.94. The Labute approximate surface area is 128 Å². The van der Waals surface area contributed by atoms with E-state index >= 15 is 0 Å². The lowest BCUT2D eigenvalue weighted by Gasteiger charge is -2.10. The number of rotatable bonds is 5. The molecule has 1 atom stereocenters. The van der Waals surface area contributed by atoms with Crippen LogP contribution in [-0.4, -0.2) is 26.0 Å². The topological polar surface area (TPSA) is 62.5 Å². The Kier molecular flexibility index (Phi) is 4.11. The van der Waals surface area contributed by atoms with Crippen LogP contribution in [0.4, 0.5) is 0 Å². The first-order chi connectivity index (χ1) is 9.74. The molecule has 3 aromatic heterocycles. The fourth-order valence-corrected chi connectivity index (χ4v) is 2.98. The van der Waals surface area contributed by atoms with Crippen LogP contribution in [0.15, 0.2) is 40.0 Å². The zero-order valence-corrected chi connectivity index (χ0v) is 12.9. The summed E-state index contributed by atoms with van der Waals surface area (Å²) >= 11 is 4.94. The molecule has 0 aliphatic rings. The van der Waals surface area contributed by atoms with Crippen LogP contribution in [0.1, 0.15) is 17.4 Å². The maximum Gasteiger partial charge on any atom is 0.155 e. The fourth-order valence-electron chi connectivity index (χ4n) is 1.97. The normalized spacial score (nSPS) is 12.9. The Morgan fingerprint density at radius 2 is 2.30 bits per heavy atom. The van der Waals surface area contributed by atoms with E-state index in [1.807, 2.05) is 33.6 Å². The van der Waals surface area contributed by atoms with Crippen LogP contribution in [0.3, 0.4) is 0 Å². The average Bonchev–Trinajstić information content (AvgIpc) is 3.08. The van der Waals surface area contributed by atoms with Crippen LogP contribution >= 0.6 is 27.3 Å². The first-order valence-electron chi connectivity index (χ1n) is 6.12. The molecule has 0 aliphatic carbocycles. The minimum absolute atomic E-state index is 0.478. The van der Waals surface area contributed by atoms with Gasteiger partial charge in [0, 0.05) is 19.3 Å². The molecule has 0 amide bonds. The van der Waals surface area contributed by atoms with E-state index in [1.54, 1.807) is 17.5 Å². The molecule has 20 heavy (non-hydrogen) atoms. The average molecular weight is 353 g/mol. The summed E-state index contributed by atoms with van der Waals surface area (Å²) in [6.45, 7) is 1.15. The van der Waals surface area contributed by atoms with Crippen LogP contribution in [0, 0.1) is 0 Å². The standard InChI is InChI=1S/C13H13BrN4OS/c14-12-7-18-10(4-17-13(18)6-16-12)3-15-5-11(19)9-1-2-20-8-9/h1-2,4,6-8,11,15,19H,3,5H2. The molecule has 3 aromatic rings. The molecule has 0 bridgehead atoms. The molecule has 5 nitrogen and oxygen atoms in total. The highest BCUT2D eigenvalue weighted by Gasteiger charge is 2.08. The molecule has 0 radical (unpaired) electrons. The first kappa shape index (κ1) is 13.7. The van der Waals surface area contributed by atoms with Crippen molar-refractivity contribution >= 4 is 32.9 Å². The number of thiophene rings is 1. The molecule has 0 fully saturated rings. The van der Waals surface area contributed by atoms with E-state index in [0.29, 0.717) is 13.1 Å². The lowest BCUT2D eigenvalue weighted by atomic mass is 10.2. The lowest BCUT2D eigenvalue weighted by molar-refractivity contribution is 0.174. The number of nitrogens with zero attached hydrogens (tertiary/aromatic N) is 3. The molecule has 7 heteroatoms. The molecule has 104 valence electrons. The van der Waals surface area contributed by atoms with Crippen LogP contribution in [-0.2, 0) is 6.54 Å². The minimum atomic E-state index is -0.478. The van der Waals surface area contributed by atoms with Gasteiger partial charge >= 0.3 is 0 Å². The maximum atomic E-state index is 10.00. The number of hydrogen-bond acceptors (Lipinski definition) is 5. The largest absolute Gasteiger partial charge is 0.387 e. The van der Waals surface area contributed by atoms with Gasteiger partial charge in [-0.1, -0.05) is 0 Å². The molecule has 0 saturated carbocycles. The van der Waals surface area contributed by atoms with Crippen LogP contribution in [0.5, 0.6) is 0 Å². The predicted octanol–water partition coefficient (Wildman–Crippen LogP) is 2.38. The smallest absolute Gasteiger partial charge is 0.155 e. The van der Waals surface area contributed by atoms with Crippen molar-refractivity contribution in [3.63, 3.8) is 0 Å². The molecule has 0 aliphatic heterocycles. The van der Waals surface area contributed by atoms with Crippen LogP contribution in [0.25, 0.3) is 5.65 Å². The van der Waals surface area contributed by atoms with Gasteiger partial charge in [-0.15, -0.1) is 0 Å². The molecule has 0 saturated heterocycles. The monoisotopic (exact) mass is 352 g/mol. The van der Waals surface area contributed by atoms with Gasteiger partial charge in [-0.3, -0.25) is 4.40 Å². The summed E-state index contributed by atoms with van der Waals surface area (Å²) in [5.74, 6) is 0. The van der Waals surface area contributed by atoms with Crippen LogP contribution < -0.4 is 5.32 Å². The molecule has 0 spiro atoms. The molecule has 3 rings (SSSR count).